The van der Waals surface area contributed by atoms with Crippen molar-refractivity contribution in [1.82, 2.24) is 19.9 Å². The predicted molar refractivity (Wildman–Crippen MR) is 82.4 cm³/mol. The van der Waals surface area contributed by atoms with Crippen LogP contribution in [0.4, 0.5) is 11.6 Å². The van der Waals surface area contributed by atoms with E-state index in [4.69, 9.17) is 5.26 Å². The minimum Gasteiger partial charge on any atom is -0.367 e. The number of aromatic nitrogens is 4. The van der Waals surface area contributed by atoms with E-state index in [0.29, 0.717) is 17.6 Å². The average Bonchev–Trinajstić information content (AvgIpc) is 2.56. The minimum absolute atomic E-state index is 0.368. The summed E-state index contributed by atoms with van der Waals surface area (Å²) >= 11 is 0. The van der Waals surface area contributed by atoms with Gasteiger partial charge in [0.1, 0.15) is 18.2 Å². The third-order valence-corrected chi connectivity index (χ3v) is 3.74. The molecule has 0 saturated carbocycles. The van der Waals surface area contributed by atoms with Crippen LogP contribution in [0, 0.1) is 18.3 Å². The Hall–Kier alpha value is -2.75. The molecule has 1 aliphatic rings. The highest BCUT2D eigenvalue weighted by Crippen LogP contribution is 2.21. The molecule has 1 saturated heterocycles. The fraction of sp³-hybridized carbons (Fsp3) is 0.400. The molecule has 0 bridgehead atoms. The Morgan fingerprint density at radius 2 is 1.95 bits per heavy atom. The van der Waals surface area contributed by atoms with Crippen LogP contribution < -0.4 is 10.2 Å². The smallest absolute Gasteiger partial charge is 0.183 e. The van der Waals surface area contributed by atoms with Crippen molar-refractivity contribution < 1.29 is 0 Å². The topological polar surface area (TPSA) is 90.6 Å². The molecule has 112 valence electrons. The van der Waals surface area contributed by atoms with Crippen molar-refractivity contribution in [3.63, 3.8) is 0 Å². The molecule has 0 aromatic carbocycles. The highest BCUT2D eigenvalue weighted by molar-refractivity contribution is 5.50. The van der Waals surface area contributed by atoms with Crippen LogP contribution in [0.25, 0.3) is 0 Å². The van der Waals surface area contributed by atoms with Gasteiger partial charge in [0, 0.05) is 43.3 Å². The number of nitriles is 1. The number of hydrogen-bond donors (Lipinski definition) is 1. The van der Waals surface area contributed by atoms with Crippen LogP contribution in [-0.2, 0) is 0 Å². The number of hydrogen-bond acceptors (Lipinski definition) is 7. The highest BCUT2D eigenvalue weighted by Gasteiger charge is 2.22. The van der Waals surface area contributed by atoms with Gasteiger partial charge in [-0.15, -0.1) is 0 Å². The number of piperidine rings is 1. The summed E-state index contributed by atoms with van der Waals surface area (Å²) in [7, 11) is 0. The Kier molecular flexibility index (Phi) is 4.10. The molecule has 0 amide bonds. The standard InChI is InChI=1S/C15H17N7/c1-11-8-14(20-10-19-11)21-12-2-6-22(7-3-12)15-13(9-16)17-4-5-18-15/h4-5,8,10,12H,2-3,6-7H2,1H3,(H,19,20,21). The van der Waals surface area contributed by atoms with Crippen LogP contribution in [0.2, 0.25) is 0 Å². The van der Waals surface area contributed by atoms with Gasteiger partial charge in [0.15, 0.2) is 11.5 Å². The van der Waals surface area contributed by atoms with E-state index in [1.54, 1.807) is 18.7 Å². The number of anilines is 2. The molecule has 2 aromatic heterocycles. The summed E-state index contributed by atoms with van der Waals surface area (Å²) in [4.78, 5) is 18.8. The Morgan fingerprint density at radius 1 is 1.18 bits per heavy atom. The highest BCUT2D eigenvalue weighted by atomic mass is 15.2. The van der Waals surface area contributed by atoms with E-state index in [-0.39, 0.29) is 0 Å². The second-order valence-electron chi connectivity index (χ2n) is 5.29. The molecule has 1 N–H and O–H groups in total. The van der Waals surface area contributed by atoms with Crippen LogP contribution in [0.1, 0.15) is 24.2 Å². The van der Waals surface area contributed by atoms with Crippen LogP contribution in [0.3, 0.4) is 0 Å². The molecular weight excluding hydrogens is 278 g/mol. The molecule has 7 heteroatoms. The minimum atomic E-state index is 0.368. The van der Waals surface area contributed by atoms with Gasteiger partial charge in [0.05, 0.1) is 0 Å². The summed E-state index contributed by atoms with van der Waals surface area (Å²) < 4.78 is 0. The second-order valence-corrected chi connectivity index (χ2v) is 5.29. The van der Waals surface area contributed by atoms with Gasteiger partial charge in [-0.05, 0) is 19.8 Å². The van der Waals surface area contributed by atoms with Crippen LogP contribution in [0.5, 0.6) is 0 Å². The van der Waals surface area contributed by atoms with Crippen molar-refractivity contribution in [3.8, 4) is 6.07 Å². The van der Waals surface area contributed by atoms with Crippen molar-refractivity contribution in [2.75, 3.05) is 23.3 Å². The van der Waals surface area contributed by atoms with E-state index in [0.717, 1.165) is 37.4 Å². The molecule has 0 atom stereocenters. The number of nitrogens with zero attached hydrogens (tertiary/aromatic N) is 6. The monoisotopic (exact) mass is 295 g/mol. The van der Waals surface area contributed by atoms with Crippen molar-refractivity contribution in [2.24, 2.45) is 0 Å². The first-order chi connectivity index (χ1) is 10.8. The fourth-order valence-corrected chi connectivity index (χ4v) is 2.62. The fourth-order valence-electron chi connectivity index (χ4n) is 2.62. The van der Waals surface area contributed by atoms with Gasteiger partial charge < -0.3 is 10.2 Å². The maximum Gasteiger partial charge on any atom is 0.183 e. The summed E-state index contributed by atoms with van der Waals surface area (Å²) in [6.45, 7) is 3.64. The summed E-state index contributed by atoms with van der Waals surface area (Å²) in [5.41, 5.74) is 1.34. The first kappa shape index (κ1) is 14.2. The quantitative estimate of drug-likeness (QED) is 0.918. The third-order valence-electron chi connectivity index (χ3n) is 3.74. The molecule has 0 radical (unpaired) electrons. The van der Waals surface area contributed by atoms with Gasteiger partial charge in [-0.3, -0.25) is 0 Å². The molecule has 3 rings (SSSR count). The molecule has 0 unspecified atom stereocenters. The molecule has 0 spiro atoms. The van der Waals surface area contributed by atoms with Crippen molar-refractivity contribution in [3.05, 3.63) is 36.2 Å². The lowest BCUT2D eigenvalue weighted by atomic mass is 10.0. The number of nitrogens with one attached hydrogen (secondary N) is 1. The summed E-state index contributed by atoms with van der Waals surface area (Å²) in [6, 6.07) is 4.42. The van der Waals surface area contributed by atoms with E-state index < -0.39 is 0 Å². The number of aryl methyl sites for hydroxylation is 1. The zero-order valence-electron chi connectivity index (χ0n) is 12.4. The summed E-state index contributed by atoms with van der Waals surface area (Å²) in [6.07, 6.45) is 6.68. The molecule has 22 heavy (non-hydrogen) atoms. The summed E-state index contributed by atoms with van der Waals surface area (Å²) in [5, 5.41) is 12.6. The van der Waals surface area contributed by atoms with E-state index in [2.05, 4.69) is 36.2 Å². The molecule has 1 aliphatic heterocycles. The molecule has 1 fully saturated rings. The Bertz CT molecular complexity index is 686. The van der Waals surface area contributed by atoms with Crippen molar-refractivity contribution in [1.29, 1.82) is 5.26 Å². The van der Waals surface area contributed by atoms with E-state index in [1.807, 2.05) is 13.0 Å². The van der Waals surface area contributed by atoms with Gasteiger partial charge in [-0.2, -0.15) is 5.26 Å². The Balaban J connectivity index is 1.62. The first-order valence-corrected chi connectivity index (χ1v) is 7.27. The average molecular weight is 295 g/mol. The largest absolute Gasteiger partial charge is 0.367 e. The lowest BCUT2D eigenvalue weighted by Crippen LogP contribution is -2.40. The normalized spacial score (nSPS) is 15.4. The van der Waals surface area contributed by atoms with Gasteiger partial charge >= 0.3 is 0 Å². The molecule has 2 aromatic rings. The number of rotatable bonds is 3. The first-order valence-electron chi connectivity index (χ1n) is 7.27. The van der Waals surface area contributed by atoms with Gasteiger partial charge in [0.25, 0.3) is 0 Å². The van der Waals surface area contributed by atoms with Crippen LogP contribution in [0.15, 0.2) is 24.8 Å². The zero-order chi connectivity index (χ0) is 15.4. The molecule has 3 heterocycles. The van der Waals surface area contributed by atoms with Gasteiger partial charge in [-0.1, -0.05) is 0 Å². The van der Waals surface area contributed by atoms with Crippen LogP contribution >= 0.6 is 0 Å². The van der Waals surface area contributed by atoms with E-state index >= 15 is 0 Å². The Labute approximate surface area is 129 Å². The van der Waals surface area contributed by atoms with Gasteiger partial charge in [0.2, 0.25) is 0 Å². The lowest BCUT2D eigenvalue weighted by molar-refractivity contribution is 0.521. The third kappa shape index (κ3) is 3.11. The SMILES string of the molecule is Cc1cc(NC2CCN(c3nccnc3C#N)CC2)ncn1. The maximum atomic E-state index is 9.12. The zero-order valence-corrected chi connectivity index (χ0v) is 12.4. The van der Waals surface area contributed by atoms with Crippen molar-refractivity contribution in [2.45, 2.75) is 25.8 Å². The molecule has 7 nitrogen and oxygen atoms in total. The second kappa shape index (κ2) is 6.35. The molecule has 0 aliphatic carbocycles. The van der Waals surface area contributed by atoms with E-state index in [1.165, 1.54) is 0 Å². The lowest BCUT2D eigenvalue weighted by Gasteiger charge is -2.33. The summed E-state index contributed by atoms with van der Waals surface area (Å²) in [5.74, 6) is 1.55. The van der Waals surface area contributed by atoms with E-state index in [9.17, 15) is 0 Å². The predicted octanol–water partition coefficient (Wildman–Crippen LogP) is 1.53. The Morgan fingerprint density at radius 3 is 2.68 bits per heavy atom. The molecular formula is C15H17N7. The van der Waals surface area contributed by atoms with Crippen LogP contribution in [-0.4, -0.2) is 39.1 Å². The van der Waals surface area contributed by atoms with Crippen molar-refractivity contribution >= 4 is 11.6 Å². The van der Waals surface area contributed by atoms with Gasteiger partial charge in [-0.25, -0.2) is 19.9 Å². The maximum absolute atomic E-state index is 9.12.